The Bertz CT molecular complexity index is 2720. The summed E-state index contributed by atoms with van der Waals surface area (Å²) in [7, 11) is 118. The Balaban J connectivity index is 1.81. The van der Waals surface area contributed by atoms with Gasteiger partial charge in [0.05, 0.1) is 0 Å². The molecule has 0 fully saturated rings. The summed E-state index contributed by atoms with van der Waals surface area (Å²) in [5, 5.41) is 2.38. The second-order valence-electron chi connectivity index (χ2n) is 13.2. The van der Waals surface area contributed by atoms with E-state index in [1.807, 2.05) is 24.3 Å². The second-order valence-corrected chi connectivity index (χ2v) is 13.2. The summed E-state index contributed by atoms with van der Waals surface area (Å²) >= 11 is 0. The molecule has 0 atom stereocenters. The molecule has 0 aliphatic rings. The van der Waals surface area contributed by atoms with Crippen molar-refractivity contribution in [3.8, 4) is 33.4 Å². The SMILES string of the molecule is [B]c1c([B])c([B])c(-c2ccc(-c3c4c([B])c([B])c([B])c([B])c4c(-c4c([B])c([B])c([B])c([B])c4[B])c4c([B])c([B])c([B])c([B])c34)c3ccccc23)c([B])c1[B]. The van der Waals surface area contributed by atoms with Gasteiger partial charge in [0.1, 0.15) is 141 Å². The molecule has 0 aliphatic heterocycles. The first kappa shape index (κ1) is 38.8. The third-order valence-electron chi connectivity index (χ3n) is 10.4. The molecule has 18 heteroatoms. The first-order chi connectivity index (χ1) is 25.4. The van der Waals surface area contributed by atoms with Crippen LogP contribution in [0.25, 0.3) is 65.7 Å². The monoisotopic (exact) mass is 636 g/mol. The van der Waals surface area contributed by atoms with Gasteiger partial charge in [-0.25, -0.2) is 0 Å². The Hall–Kier alpha value is -3.51. The lowest BCUT2D eigenvalue weighted by atomic mass is 9.56. The van der Waals surface area contributed by atoms with Gasteiger partial charge in [-0.05, 0) is 65.7 Å². The summed E-state index contributed by atoms with van der Waals surface area (Å²) in [4.78, 5) is 0. The van der Waals surface area contributed by atoms with Crippen LogP contribution in [0.5, 0.6) is 0 Å². The van der Waals surface area contributed by atoms with Gasteiger partial charge >= 0.3 is 0 Å². The van der Waals surface area contributed by atoms with E-state index in [0.29, 0.717) is 43.8 Å². The lowest BCUT2D eigenvalue weighted by molar-refractivity contribution is 1.71. The summed E-state index contributed by atoms with van der Waals surface area (Å²) in [6.07, 6.45) is 0. The molecule has 0 nitrogen and oxygen atoms in total. The quantitative estimate of drug-likeness (QED) is 0.134. The smallest absolute Gasteiger partial charge is 0.112 e. The fourth-order valence-corrected chi connectivity index (χ4v) is 7.46. The minimum absolute atomic E-state index is 0.00489. The van der Waals surface area contributed by atoms with Crippen LogP contribution in [0.15, 0.2) is 36.4 Å². The third-order valence-corrected chi connectivity index (χ3v) is 10.4. The Kier molecular flexibility index (Phi) is 9.76. The summed E-state index contributed by atoms with van der Waals surface area (Å²) in [6, 6.07) is 11.0. The van der Waals surface area contributed by atoms with E-state index in [1.54, 1.807) is 12.1 Å². The Morgan fingerprint density at radius 2 is 0.444 bits per heavy atom. The summed E-state index contributed by atoms with van der Waals surface area (Å²) in [6.45, 7) is 0. The molecule has 204 valence electrons. The van der Waals surface area contributed by atoms with Gasteiger partial charge in [0, 0.05) is 0 Å². The van der Waals surface area contributed by atoms with E-state index in [-0.39, 0.29) is 120 Å². The first-order valence-electron chi connectivity index (χ1n) is 16.2. The molecule has 0 aromatic heterocycles. The molecule has 7 rings (SSSR count). The highest BCUT2D eigenvalue weighted by Crippen LogP contribution is 2.43. The molecule has 54 heavy (non-hydrogen) atoms. The molecule has 0 amide bonds. The first-order valence-corrected chi connectivity index (χ1v) is 16.2. The van der Waals surface area contributed by atoms with E-state index in [2.05, 4.69) is 0 Å². The minimum Gasteiger partial charge on any atom is -0.112 e. The van der Waals surface area contributed by atoms with Gasteiger partial charge in [-0.15, -0.1) is 54.6 Å². The van der Waals surface area contributed by atoms with E-state index >= 15 is 0 Å². The van der Waals surface area contributed by atoms with Crippen LogP contribution in [-0.4, -0.2) is 141 Å². The predicted octanol–water partition coefficient (Wildman–Crippen LogP) is -11.6. The van der Waals surface area contributed by atoms with Crippen molar-refractivity contribution in [2.24, 2.45) is 0 Å². The zero-order valence-electron chi connectivity index (χ0n) is 28.9. The zero-order chi connectivity index (χ0) is 39.6. The van der Waals surface area contributed by atoms with E-state index in [9.17, 15) is 0 Å². The van der Waals surface area contributed by atoms with Crippen molar-refractivity contribution >= 4 is 272 Å². The Labute approximate surface area is 339 Å². The molecule has 0 spiro atoms. The number of hydrogen-bond acceptors (Lipinski definition) is 0. The largest absolute Gasteiger partial charge is 0.113 e. The van der Waals surface area contributed by atoms with Crippen LogP contribution in [0.1, 0.15) is 0 Å². The maximum atomic E-state index is 6.94. The maximum absolute atomic E-state index is 6.94. The zero-order valence-corrected chi connectivity index (χ0v) is 28.9. The minimum atomic E-state index is -0.0453. The van der Waals surface area contributed by atoms with E-state index in [0.717, 1.165) is 0 Å². The number of rotatable bonds is 3. The van der Waals surface area contributed by atoms with Crippen molar-refractivity contribution in [3.63, 3.8) is 0 Å². The summed E-state index contributed by atoms with van der Waals surface area (Å²) in [5.41, 5.74) is 2.66. The van der Waals surface area contributed by atoms with Gasteiger partial charge in [-0.2, -0.15) is 0 Å². The fourth-order valence-electron chi connectivity index (χ4n) is 7.46. The number of hydrogen-bond donors (Lipinski definition) is 0. The fraction of sp³-hybridized carbons (Fsp3) is 0. The highest BCUT2D eigenvalue weighted by atomic mass is 14.3. The number of fused-ring (bicyclic) bond motifs is 3. The normalized spacial score (nSPS) is 11.6. The standard InChI is InChI=1S/C36H6B18/c37-19-12(20(38)28(46)35(53)27(19)45)10-6-5-9(7-3-1-2-4-8(7)10)11-14-16(23(41)31(49)29(47)21(14)39)13(17-15(11)22(40)30(48)32(50)24(17)42)18-25(43)33(51)36(54)34(52)26(18)44/h1-6H. The average molecular weight is 633 g/mol. The van der Waals surface area contributed by atoms with Gasteiger partial charge in [0.25, 0.3) is 0 Å². The molecule has 0 heterocycles. The van der Waals surface area contributed by atoms with Crippen LogP contribution in [-0.2, 0) is 0 Å². The van der Waals surface area contributed by atoms with Crippen molar-refractivity contribution in [1.29, 1.82) is 0 Å². The Morgan fingerprint density at radius 1 is 0.204 bits per heavy atom. The van der Waals surface area contributed by atoms with Gasteiger partial charge in [0.2, 0.25) is 0 Å². The average Bonchev–Trinajstić information content (AvgIpc) is 3.16. The Morgan fingerprint density at radius 3 is 0.778 bits per heavy atom. The molecule has 36 radical (unpaired) electrons. The molecule has 0 aliphatic carbocycles. The molecular formula is C36H6B18. The molecule has 0 bridgehead atoms. The second kappa shape index (κ2) is 13.6. The van der Waals surface area contributed by atoms with E-state index in [4.69, 9.17) is 141 Å². The van der Waals surface area contributed by atoms with Crippen LogP contribution in [0.2, 0.25) is 0 Å². The third kappa shape index (κ3) is 5.24. The van der Waals surface area contributed by atoms with E-state index < -0.39 is 0 Å². The van der Waals surface area contributed by atoms with Crippen LogP contribution < -0.4 is 98.3 Å². The molecule has 0 saturated carbocycles. The topological polar surface area (TPSA) is 0 Å². The molecule has 0 saturated heterocycles. The predicted molar refractivity (Wildman–Crippen MR) is 252 cm³/mol. The van der Waals surface area contributed by atoms with Crippen molar-refractivity contribution < 1.29 is 0 Å². The van der Waals surface area contributed by atoms with Gasteiger partial charge in [-0.1, -0.05) is 80.1 Å². The van der Waals surface area contributed by atoms with Crippen molar-refractivity contribution in [3.05, 3.63) is 36.4 Å². The van der Waals surface area contributed by atoms with E-state index in [1.165, 1.54) is 0 Å². The van der Waals surface area contributed by atoms with Crippen LogP contribution in [0.3, 0.4) is 0 Å². The van der Waals surface area contributed by atoms with Crippen molar-refractivity contribution in [2.75, 3.05) is 0 Å². The highest BCUT2D eigenvalue weighted by molar-refractivity contribution is 6.74. The van der Waals surface area contributed by atoms with Crippen LogP contribution in [0, 0.1) is 0 Å². The summed E-state index contributed by atoms with van der Waals surface area (Å²) < 4.78 is 0. The van der Waals surface area contributed by atoms with Crippen LogP contribution in [0.4, 0.5) is 0 Å². The molecule has 7 aromatic carbocycles. The molecule has 7 aromatic rings. The van der Waals surface area contributed by atoms with Crippen LogP contribution >= 0.6 is 0 Å². The highest BCUT2D eigenvalue weighted by Gasteiger charge is 2.27. The molecular weight excluding hydrogens is 627 g/mol. The van der Waals surface area contributed by atoms with Gasteiger partial charge < -0.3 is 0 Å². The molecule has 0 N–H and O–H groups in total. The van der Waals surface area contributed by atoms with Crippen molar-refractivity contribution in [2.45, 2.75) is 0 Å². The number of benzene rings is 7. The van der Waals surface area contributed by atoms with Gasteiger partial charge in [-0.3, -0.25) is 0 Å². The lowest BCUT2D eigenvalue weighted by Crippen LogP contribution is -2.55. The molecule has 0 unspecified atom stereocenters. The van der Waals surface area contributed by atoms with Crippen molar-refractivity contribution in [1.82, 2.24) is 0 Å². The maximum Gasteiger partial charge on any atom is 0.113 e. The summed E-state index contributed by atoms with van der Waals surface area (Å²) in [5.74, 6) is 0. The van der Waals surface area contributed by atoms with Gasteiger partial charge in [0.15, 0.2) is 0 Å². The lowest BCUT2D eigenvalue weighted by Gasteiger charge is -2.31.